The number of halogens is 1. The molecule has 1 aromatic heterocycles. The maximum Gasteiger partial charge on any atom is 0.218 e. The van der Waals surface area contributed by atoms with Crippen LogP contribution >= 0.6 is 24.0 Å². The first-order valence-corrected chi connectivity index (χ1v) is 8.79. The van der Waals surface area contributed by atoms with Crippen LogP contribution in [0.5, 0.6) is 17.4 Å². The Morgan fingerprint density at radius 2 is 2.07 bits per heavy atom. The molecule has 0 spiro atoms. The minimum Gasteiger partial charge on any atom is -0.490 e. The van der Waals surface area contributed by atoms with E-state index in [1.54, 1.807) is 6.20 Å². The van der Waals surface area contributed by atoms with Gasteiger partial charge in [-0.15, -0.1) is 24.0 Å². The van der Waals surface area contributed by atoms with Crippen LogP contribution in [0.25, 0.3) is 0 Å². The molecule has 2 aromatic rings. The molecule has 3 rings (SSSR count). The molecule has 0 fully saturated rings. The number of aliphatic imine (C=N–C) groups is 1. The lowest BCUT2D eigenvalue weighted by molar-refractivity contribution is 0.297. The molecule has 0 radical (unpaired) electrons. The Kier molecular flexibility index (Phi) is 8.43. The topological polar surface area (TPSA) is 91.0 Å². The number of anilines is 1. The minimum atomic E-state index is 0. The zero-order valence-corrected chi connectivity index (χ0v) is 17.6. The van der Waals surface area contributed by atoms with Crippen LogP contribution in [0.1, 0.15) is 25.3 Å². The van der Waals surface area contributed by atoms with Crippen LogP contribution in [0.4, 0.5) is 5.69 Å². The van der Waals surface area contributed by atoms with Gasteiger partial charge in [0.15, 0.2) is 17.5 Å². The predicted molar refractivity (Wildman–Crippen MR) is 116 cm³/mol. The highest BCUT2D eigenvalue weighted by atomic mass is 127. The third kappa shape index (κ3) is 6.16. The van der Waals surface area contributed by atoms with E-state index in [9.17, 15) is 0 Å². The summed E-state index contributed by atoms with van der Waals surface area (Å²) in [6, 6.07) is 9.41. The van der Waals surface area contributed by atoms with Crippen molar-refractivity contribution in [1.82, 2.24) is 4.98 Å². The second-order valence-electron chi connectivity index (χ2n) is 5.85. The van der Waals surface area contributed by atoms with Crippen molar-refractivity contribution in [2.45, 2.75) is 26.3 Å². The van der Waals surface area contributed by atoms with Gasteiger partial charge in [-0.2, -0.15) is 0 Å². The Morgan fingerprint density at radius 1 is 1.26 bits per heavy atom. The van der Waals surface area contributed by atoms with E-state index in [4.69, 9.17) is 19.9 Å². The van der Waals surface area contributed by atoms with Crippen molar-refractivity contribution in [3.63, 3.8) is 0 Å². The molecule has 0 saturated carbocycles. The molecule has 146 valence electrons. The first-order valence-electron chi connectivity index (χ1n) is 8.79. The van der Waals surface area contributed by atoms with Crippen molar-refractivity contribution in [2.24, 2.45) is 10.7 Å². The number of nitrogens with one attached hydrogen (secondary N) is 1. The lowest BCUT2D eigenvalue weighted by Crippen LogP contribution is -2.22. The highest BCUT2D eigenvalue weighted by Gasteiger charge is 2.11. The SMILES string of the molecule is CCCOc1ncccc1CN=C(N)Nc1ccc2c(c1)OCCCO2.I. The molecule has 3 N–H and O–H groups in total. The molecule has 0 aliphatic carbocycles. The number of guanidine groups is 1. The molecule has 8 heteroatoms. The van der Waals surface area contributed by atoms with E-state index in [1.165, 1.54) is 0 Å². The Hall–Kier alpha value is -2.23. The van der Waals surface area contributed by atoms with Gasteiger partial charge in [-0.05, 0) is 24.6 Å². The van der Waals surface area contributed by atoms with Gasteiger partial charge in [0.05, 0.1) is 26.4 Å². The van der Waals surface area contributed by atoms with Gasteiger partial charge >= 0.3 is 0 Å². The summed E-state index contributed by atoms with van der Waals surface area (Å²) in [5.41, 5.74) is 7.70. The number of ether oxygens (including phenoxy) is 3. The van der Waals surface area contributed by atoms with Gasteiger partial charge in [-0.1, -0.05) is 13.0 Å². The second-order valence-corrected chi connectivity index (χ2v) is 5.85. The van der Waals surface area contributed by atoms with E-state index < -0.39 is 0 Å². The van der Waals surface area contributed by atoms with Gasteiger partial charge in [0.2, 0.25) is 5.88 Å². The van der Waals surface area contributed by atoms with Crippen molar-refractivity contribution < 1.29 is 14.2 Å². The molecule has 0 saturated heterocycles. The van der Waals surface area contributed by atoms with Crippen LogP contribution in [-0.4, -0.2) is 30.8 Å². The van der Waals surface area contributed by atoms with Crippen LogP contribution in [0.15, 0.2) is 41.5 Å². The highest BCUT2D eigenvalue weighted by Crippen LogP contribution is 2.32. The van der Waals surface area contributed by atoms with Crippen LogP contribution in [0, 0.1) is 0 Å². The first-order chi connectivity index (χ1) is 12.8. The quantitative estimate of drug-likeness (QED) is 0.370. The molecule has 0 amide bonds. The standard InChI is InChI=1S/C19H24N4O3.HI/c1-2-9-26-18-14(5-3-8-21-18)13-22-19(20)23-15-6-7-16-17(12-15)25-11-4-10-24-16;/h3,5-8,12H,2,4,9-11,13H2,1H3,(H3,20,22,23);1H. The van der Waals surface area contributed by atoms with Gasteiger partial charge in [-0.25, -0.2) is 9.98 Å². The molecule has 1 aromatic carbocycles. The third-order valence-corrected chi connectivity index (χ3v) is 3.73. The summed E-state index contributed by atoms with van der Waals surface area (Å²) >= 11 is 0. The Balaban J connectivity index is 0.00000261. The van der Waals surface area contributed by atoms with Gasteiger partial charge in [0.1, 0.15) is 0 Å². The van der Waals surface area contributed by atoms with E-state index in [1.807, 2.05) is 30.3 Å². The minimum absolute atomic E-state index is 0. The number of nitrogens with zero attached hydrogens (tertiary/aromatic N) is 2. The maximum atomic E-state index is 6.02. The maximum absolute atomic E-state index is 6.02. The molecule has 0 bridgehead atoms. The van der Waals surface area contributed by atoms with Crippen molar-refractivity contribution >= 4 is 35.6 Å². The number of hydrogen-bond acceptors (Lipinski definition) is 5. The van der Waals surface area contributed by atoms with Crippen LogP contribution in [0.2, 0.25) is 0 Å². The average Bonchev–Trinajstić information content (AvgIpc) is 2.90. The number of pyridine rings is 1. The summed E-state index contributed by atoms with van der Waals surface area (Å²) in [6.07, 6.45) is 3.50. The van der Waals surface area contributed by atoms with Gasteiger partial charge in [0.25, 0.3) is 0 Å². The predicted octanol–water partition coefficient (Wildman–Crippen LogP) is 3.58. The van der Waals surface area contributed by atoms with Crippen molar-refractivity contribution in [2.75, 3.05) is 25.1 Å². The normalized spacial score (nSPS) is 13.3. The fraction of sp³-hybridized carbons (Fsp3) is 0.368. The number of fused-ring (bicyclic) bond motifs is 1. The summed E-state index contributed by atoms with van der Waals surface area (Å²) in [5.74, 6) is 2.37. The largest absolute Gasteiger partial charge is 0.490 e. The molecule has 1 aliphatic heterocycles. The average molecular weight is 484 g/mol. The molecule has 1 aliphatic rings. The van der Waals surface area contributed by atoms with E-state index in [2.05, 4.69) is 22.2 Å². The zero-order valence-electron chi connectivity index (χ0n) is 15.3. The number of benzene rings is 1. The summed E-state index contributed by atoms with van der Waals surface area (Å²) in [4.78, 5) is 8.63. The van der Waals surface area contributed by atoms with E-state index in [0.717, 1.165) is 29.8 Å². The van der Waals surface area contributed by atoms with Gasteiger partial charge in [-0.3, -0.25) is 0 Å². The molecular weight excluding hydrogens is 459 g/mol. The lowest BCUT2D eigenvalue weighted by atomic mass is 10.2. The molecule has 27 heavy (non-hydrogen) atoms. The fourth-order valence-corrected chi connectivity index (χ4v) is 2.47. The van der Waals surface area contributed by atoms with Gasteiger partial charge in [0, 0.05) is 29.9 Å². The number of aromatic nitrogens is 1. The number of rotatable bonds is 6. The number of hydrogen-bond donors (Lipinski definition) is 2. The highest BCUT2D eigenvalue weighted by molar-refractivity contribution is 14.0. The van der Waals surface area contributed by atoms with Crippen molar-refractivity contribution in [3.8, 4) is 17.4 Å². The number of nitrogens with two attached hydrogens (primary N) is 1. The molecular formula is C19H25IN4O3. The van der Waals surface area contributed by atoms with Crippen molar-refractivity contribution in [3.05, 3.63) is 42.1 Å². The molecule has 7 nitrogen and oxygen atoms in total. The summed E-state index contributed by atoms with van der Waals surface area (Å²) in [6.45, 7) is 4.37. The monoisotopic (exact) mass is 484 g/mol. The molecule has 0 atom stereocenters. The van der Waals surface area contributed by atoms with Crippen LogP contribution in [0.3, 0.4) is 0 Å². The molecule has 0 unspecified atom stereocenters. The summed E-state index contributed by atoms with van der Waals surface area (Å²) < 4.78 is 16.9. The van der Waals surface area contributed by atoms with Crippen molar-refractivity contribution in [1.29, 1.82) is 0 Å². The fourth-order valence-electron chi connectivity index (χ4n) is 2.47. The Morgan fingerprint density at radius 3 is 2.89 bits per heavy atom. The third-order valence-electron chi connectivity index (χ3n) is 3.73. The van der Waals surface area contributed by atoms with E-state index in [0.29, 0.717) is 44.0 Å². The van der Waals surface area contributed by atoms with Crippen LogP contribution < -0.4 is 25.3 Å². The zero-order chi connectivity index (χ0) is 18.2. The summed E-state index contributed by atoms with van der Waals surface area (Å²) in [7, 11) is 0. The lowest BCUT2D eigenvalue weighted by Gasteiger charge is -2.11. The van der Waals surface area contributed by atoms with E-state index >= 15 is 0 Å². The second kappa shape index (κ2) is 10.8. The Labute approximate surface area is 176 Å². The Bertz CT molecular complexity index is 770. The van der Waals surface area contributed by atoms with Gasteiger partial charge < -0.3 is 25.3 Å². The smallest absolute Gasteiger partial charge is 0.218 e. The van der Waals surface area contributed by atoms with E-state index in [-0.39, 0.29) is 24.0 Å². The molecule has 2 heterocycles. The summed E-state index contributed by atoms with van der Waals surface area (Å²) in [5, 5.41) is 3.08. The first kappa shape index (κ1) is 21.1. The van der Waals surface area contributed by atoms with Crippen LogP contribution in [-0.2, 0) is 6.54 Å².